The molecule has 9 nitrogen and oxygen atoms in total. The Morgan fingerprint density at radius 3 is 2.79 bits per heavy atom. The molecule has 39 heavy (non-hydrogen) atoms. The van der Waals surface area contributed by atoms with Gasteiger partial charge in [-0.1, -0.05) is 18.7 Å². The lowest BCUT2D eigenvalue weighted by Crippen LogP contribution is -2.62. The minimum absolute atomic E-state index is 0.0926. The first-order valence-corrected chi connectivity index (χ1v) is 13.6. The van der Waals surface area contributed by atoms with Gasteiger partial charge in [-0.05, 0) is 49.6 Å². The van der Waals surface area contributed by atoms with Crippen LogP contribution in [0.5, 0.6) is 5.88 Å². The highest BCUT2D eigenvalue weighted by atomic mass is 19.1. The Hall–Kier alpha value is -2.89. The van der Waals surface area contributed by atoms with E-state index >= 15 is 0 Å². The van der Waals surface area contributed by atoms with Gasteiger partial charge in [0.25, 0.3) is 0 Å². The van der Waals surface area contributed by atoms with E-state index in [1.54, 1.807) is 17.0 Å². The van der Waals surface area contributed by atoms with Crippen molar-refractivity contribution in [3.8, 4) is 5.88 Å². The number of anilines is 1. The second-order valence-corrected chi connectivity index (χ2v) is 10.8. The first kappa shape index (κ1) is 27.7. The number of carbonyl (C=O) groups excluding carboxylic acids is 1. The molecule has 0 unspecified atom stereocenters. The van der Waals surface area contributed by atoms with Gasteiger partial charge in [0.1, 0.15) is 18.1 Å². The molecule has 0 spiro atoms. The normalized spacial score (nSPS) is 24.4. The number of benzene rings is 1. The van der Waals surface area contributed by atoms with Gasteiger partial charge in [0, 0.05) is 44.3 Å². The number of nitrogens with one attached hydrogen (secondary N) is 1. The SMILES string of the molecule is C=C1COc2nc(CO)c(Cc3ccc(F)cc3)cc2N1C(=O)CN1C[C@@H](C)NC[C@@H]1CN1CCOC[C@H]1C. The number of aliphatic hydroxyl groups is 1. The highest BCUT2D eigenvalue weighted by molar-refractivity contribution is 5.99. The molecule has 1 aromatic carbocycles. The van der Waals surface area contributed by atoms with Crippen LogP contribution in [-0.2, 0) is 22.6 Å². The highest BCUT2D eigenvalue weighted by Crippen LogP contribution is 2.36. The van der Waals surface area contributed by atoms with Crippen molar-refractivity contribution in [2.24, 2.45) is 0 Å². The monoisotopic (exact) mass is 539 g/mol. The lowest BCUT2D eigenvalue weighted by atomic mass is 10.0. The predicted octanol–water partition coefficient (Wildman–Crippen LogP) is 1.93. The van der Waals surface area contributed by atoms with Gasteiger partial charge in [-0.25, -0.2) is 9.37 Å². The van der Waals surface area contributed by atoms with E-state index in [4.69, 9.17) is 9.47 Å². The number of aromatic nitrogens is 1. The summed E-state index contributed by atoms with van der Waals surface area (Å²) < 4.78 is 24.9. The molecule has 3 atom stereocenters. The topological polar surface area (TPSA) is 90.4 Å². The van der Waals surface area contributed by atoms with Crippen LogP contribution in [0.15, 0.2) is 42.6 Å². The van der Waals surface area contributed by atoms with Crippen molar-refractivity contribution in [3.05, 3.63) is 65.2 Å². The number of rotatable bonds is 7. The molecule has 2 N–H and O–H groups in total. The summed E-state index contributed by atoms with van der Waals surface area (Å²) in [6, 6.07) is 8.85. The Morgan fingerprint density at radius 1 is 1.26 bits per heavy atom. The van der Waals surface area contributed by atoms with Crippen LogP contribution in [-0.4, -0.2) is 96.5 Å². The van der Waals surface area contributed by atoms with E-state index in [1.165, 1.54) is 12.1 Å². The van der Waals surface area contributed by atoms with Gasteiger partial charge in [-0.15, -0.1) is 0 Å². The summed E-state index contributed by atoms with van der Waals surface area (Å²) in [5.74, 6) is -0.102. The van der Waals surface area contributed by atoms with E-state index in [1.807, 2.05) is 6.07 Å². The van der Waals surface area contributed by atoms with Crippen LogP contribution in [0.3, 0.4) is 0 Å². The van der Waals surface area contributed by atoms with Crippen LogP contribution in [0, 0.1) is 5.82 Å². The summed E-state index contributed by atoms with van der Waals surface area (Å²) >= 11 is 0. The summed E-state index contributed by atoms with van der Waals surface area (Å²) in [5, 5.41) is 13.6. The Balaban J connectivity index is 1.38. The third-order valence-electron chi connectivity index (χ3n) is 7.79. The lowest BCUT2D eigenvalue weighted by molar-refractivity contribution is -0.120. The number of morpholine rings is 1. The van der Waals surface area contributed by atoms with Crippen molar-refractivity contribution in [2.45, 2.75) is 45.0 Å². The molecule has 4 heterocycles. The second kappa shape index (κ2) is 12.1. The minimum Gasteiger partial charge on any atom is -0.470 e. The number of pyridine rings is 1. The van der Waals surface area contributed by atoms with Gasteiger partial charge in [0.05, 0.1) is 37.8 Å². The fourth-order valence-electron chi connectivity index (χ4n) is 5.59. The number of amides is 1. The first-order chi connectivity index (χ1) is 18.8. The first-order valence-electron chi connectivity index (χ1n) is 13.6. The summed E-state index contributed by atoms with van der Waals surface area (Å²) in [7, 11) is 0. The molecule has 0 aliphatic carbocycles. The molecule has 3 aliphatic rings. The van der Waals surface area contributed by atoms with Crippen LogP contribution in [0.4, 0.5) is 10.1 Å². The maximum absolute atomic E-state index is 13.9. The number of nitrogens with zero attached hydrogens (tertiary/aromatic N) is 4. The predicted molar refractivity (Wildman–Crippen MR) is 146 cm³/mol. The average Bonchev–Trinajstić information content (AvgIpc) is 2.92. The van der Waals surface area contributed by atoms with Gasteiger partial charge in [0.2, 0.25) is 11.8 Å². The maximum Gasteiger partial charge on any atom is 0.245 e. The van der Waals surface area contributed by atoms with Crippen molar-refractivity contribution in [1.82, 2.24) is 20.1 Å². The average molecular weight is 540 g/mol. The molecule has 2 saturated heterocycles. The molecule has 2 aromatic rings. The van der Waals surface area contributed by atoms with Crippen LogP contribution in [0.25, 0.3) is 0 Å². The molecule has 2 fully saturated rings. The van der Waals surface area contributed by atoms with E-state index < -0.39 is 0 Å². The summed E-state index contributed by atoms with van der Waals surface area (Å²) in [6.07, 6.45) is 0.431. The minimum atomic E-state index is -0.310. The van der Waals surface area contributed by atoms with E-state index in [-0.39, 0.29) is 43.6 Å². The van der Waals surface area contributed by atoms with E-state index in [2.05, 4.69) is 40.5 Å². The largest absolute Gasteiger partial charge is 0.470 e. The molecule has 0 radical (unpaired) electrons. The number of piperazine rings is 1. The molecule has 3 aliphatic heterocycles. The number of carbonyl (C=O) groups is 1. The summed E-state index contributed by atoms with van der Waals surface area (Å²) in [4.78, 5) is 24.8. The second-order valence-electron chi connectivity index (χ2n) is 10.8. The lowest BCUT2D eigenvalue weighted by Gasteiger charge is -2.44. The summed E-state index contributed by atoms with van der Waals surface area (Å²) in [5.41, 5.74) is 3.14. The van der Waals surface area contributed by atoms with E-state index in [9.17, 15) is 14.3 Å². The number of hydrogen-bond acceptors (Lipinski definition) is 8. The maximum atomic E-state index is 13.9. The Kier molecular flexibility index (Phi) is 8.58. The Labute approximate surface area is 229 Å². The number of aliphatic hydroxyl groups excluding tert-OH is 1. The smallest absolute Gasteiger partial charge is 0.245 e. The molecule has 10 heteroatoms. The molecule has 0 bridgehead atoms. The number of ether oxygens (including phenoxy) is 2. The van der Waals surface area contributed by atoms with Gasteiger partial charge in [-0.3, -0.25) is 19.5 Å². The third-order valence-corrected chi connectivity index (χ3v) is 7.79. The zero-order valence-electron chi connectivity index (χ0n) is 22.7. The van der Waals surface area contributed by atoms with Crippen molar-refractivity contribution < 1.29 is 23.8 Å². The molecule has 1 aromatic heterocycles. The van der Waals surface area contributed by atoms with Crippen LogP contribution in [0.1, 0.15) is 30.7 Å². The molecule has 0 saturated carbocycles. The fraction of sp³-hybridized carbons (Fsp3) is 0.517. The number of fused-ring (bicyclic) bond motifs is 1. The number of halogens is 1. The molecule has 5 rings (SSSR count). The number of hydrogen-bond donors (Lipinski definition) is 2. The molecule has 210 valence electrons. The molecular weight excluding hydrogens is 501 g/mol. The molecular formula is C29H38FN5O4. The van der Waals surface area contributed by atoms with Crippen molar-refractivity contribution in [3.63, 3.8) is 0 Å². The molecule has 1 amide bonds. The van der Waals surface area contributed by atoms with E-state index in [0.717, 1.165) is 50.5 Å². The van der Waals surface area contributed by atoms with Crippen molar-refractivity contribution in [1.29, 1.82) is 0 Å². The summed E-state index contributed by atoms with van der Waals surface area (Å²) in [6.45, 7) is 13.3. The van der Waals surface area contributed by atoms with Gasteiger partial charge in [-0.2, -0.15) is 0 Å². The van der Waals surface area contributed by atoms with Gasteiger partial charge >= 0.3 is 0 Å². The van der Waals surface area contributed by atoms with E-state index in [0.29, 0.717) is 35.4 Å². The fourth-order valence-corrected chi connectivity index (χ4v) is 5.59. The van der Waals surface area contributed by atoms with Gasteiger partial charge in [0.15, 0.2) is 0 Å². The van der Waals surface area contributed by atoms with Gasteiger partial charge < -0.3 is 19.9 Å². The highest BCUT2D eigenvalue weighted by Gasteiger charge is 2.35. The van der Waals surface area contributed by atoms with Crippen LogP contribution in [0.2, 0.25) is 0 Å². The van der Waals surface area contributed by atoms with Crippen molar-refractivity contribution in [2.75, 3.05) is 57.4 Å². The van der Waals surface area contributed by atoms with Crippen LogP contribution >= 0.6 is 0 Å². The standard InChI is InChI=1S/C29H38FN5O4/c1-19-13-34(25(12-31-19)14-33-8-9-38-17-20(33)2)15-28(37)35-21(3)18-39-29-27(35)11-23(26(16-36)32-29)10-22-4-6-24(30)7-5-22/h4-7,11,19-20,25,31,36H,3,8-10,12-18H2,1-2H3/t19-,20-,25-/m1/s1. The quantitative estimate of drug-likeness (QED) is 0.552. The zero-order valence-corrected chi connectivity index (χ0v) is 22.7. The Morgan fingerprint density at radius 2 is 2.05 bits per heavy atom. The van der Waals surface area contributed by atoms with Crippen molar-refractivity contribution >= 4 is 11.6 Å². The van der Waals surface area contributed by atoms with Crippen LogP contribution < -0.4 is 15.0 Å². The third kappa shape index (κ3) is 6.31. The Bertz CT molecular complexity index is 1190. The zero-order chi connectivity index (χ0) is 27.5.